The molecule has 3 aromatic rings. The SMILES string of the molecule is CC(=O)N(c1cccc(C(F)(F)F)c1)c1nc(COC(=O)c2ccc(S(N)(=O)=O)cc2)cs1. The number of ether oxygens (including phenoxy) is 1. The first-order valence-electron chi connectivity index (χ1n) is 9.08. The lowest BCUT2D eigenvalue weighted by Gasteiger charge is -2.19. The maximum Gasteiger partial charge on any atom is 0.416 e. The predicted molar refractivity (Wildman–Crippen MR) is 113 cm³/mol. The van der Waals surface area contributed by atoms with E-state index in [1.807, 2.05) is 0 Å². The summed E-state index contributed by atoms with van der Waals surface area (Å²) >= 11 is 0.987. The molecule has 33 heavy (non-hydrogen) atoms. The number of anilines is 2. The second-order valence-corrected chi connectivity index (χ2v) is 9.07. The van der Waals surface area contributed by atoms with Gasteiger partial charge in [0.25, 0.3) is 0 Å². The van der Waals surface area contributed by atoms with Gasteiger partial charge < -0.3 is 4.74 Å². The van der Waals surface area contributed by atoms with Gasteiger partial charge in [0.2, 0.25) is 15.9 Å². The number of nitrogens with two attached hydrogens (primary N) is 1. The van der Waals surface area contributed by atoms with E-state index in [0.29, 0.717) is 0 Å². The lowest BCUT2D eigenvalue weighted by Crippen LogP contribution is -2.23. The number of esters is 1. The van der Waals surface area contributed by atoms with Crippen molar-refractivity contribution >= 4 is 44.1 Å². The van der Waals surface area contributed by atoms with Crippen LogP contribution in [0.2, 0.25) is 0 Å². The van der Waals surface area contributed by atoms with Crippen LogP contribution in [0.15, 0.2) is 58.8 Å². The van der Waals surface area contributed by atoms with Crippen LogP contribution >= 0.6 is 11.3 Å². The van der Waals surface area contributed by atoms with E-state index in [9.17, 15) is 31.2 Å². The van der Waals surface area contributed by atoms with Gasteiger partial charge in [0, 0.05) is 12.3 Å². The van der Waals surface area contributed by atoms with E-state index in [0.717, 1.165) is 40.5 Å². The monoisotopic (exact) mass is 499 g/mol. The predicted octanol–water partition coefficient (Wildman–Crippen LogP) is 3.85. The van der Waals surface area contributed by atoms with Crippen LogP contribution in [-0.2, 0) is 32.3 Å². The first-order valence-corrected chi connectivity index (χ1v) is 11.5. The number of thiazole rings is 1. The van der Waals surface area contributed by atoms with Crippen molar-refractivity contribution in [3.05, 3.63) is 70.7 Å². The minimum Gasteiger partial charge on any atom is -0.456 e. The second kappa shape index (κ2) is 9.29. The van der Waals surface area contributed by atoms with Crippen LogP contribution < -0.4 is 10.0 Å². The third-order valence-electron chi connectivity index (χ3n) is 4.25. The summed E-state index contributed by atoms with van der Waals surface area (Å²) in [6.07, 6.45) is -4.58. The van der Waals surface area contributed by atoms with Crippen LogP contribution in [0, 0.1) is 0 Å². The summed E-state index contributed by atoms with van der Waals surface area (Å²) in [5, 5.41) is 6.60. The van der Waals surface area contributed by atoms with E-state index in [1.54, 1.807) is 0 Å². The van der Waals surface area contributed by atoms with Crippen molar-refractivity contribution in [1.29, 1.82) is 0 Å². The zero-order valence-electron chi connectivity index (χ0n) is 16.9. The van der Waals surface area contributed by atoms with Crippen molar-refractivity contribution in [3.8, 4) is 0 Å². The first-order chi connectivity index (χ1) is 15.4. The quantitative estimate of drug-likeness (QED) is 0.515. The average Bonchev–Trinajstić information content (AvgIpc) is 3.19. The molecule has 0 spiro atoms. The van der Waals surface area contributed by atoms with Gasteiger partial charge in [-0.05, 0) is 42.5 Å². The van der Waals surface area contributed by atoms with Gasteiger partial charge in [-0.1, -0.05) is 6.07 Å². The molecular weight excluding hydrogens is 483 g/mol. The van der Waals surface area contributed by atoms with Gasteiger partial charge in [0.05, 0.1) is 27.4 Å². The lowest BCUT2D eigenvalue weighted by atomic mass is 10.2. The van der Waals surface area contributed by atoms with E-state index in [-0.39, 0.29) is 33.6 Å². The number of halogens is 3. The largest absolute Gasteiger partial charge is 0.456 e. The van der Waals surface area contributed by atoms with E-state index in [1.165, 1.54) is 36.6 Å². The standard InChI is InChI=1S/C20H16F3N3O5S2/c1-12(27)26(16-4-2-3-14(9-16)20(21,22)23)19-25-15(11-32-19)10-31-18(28)13-5-7-17(8-6-13)33(24,29)30/h2-9,11H,10H2,1H3,(H2,24,29,30). The van der Waals surface area contributed by atoms with Crippen molar-refractivity contribution in [2.75, 3.05) is 4.90 Å². The Kier molecular flexibility index (Phi) is 6.86. The van der Waals surface area contributed by atoms with Crippen LogP contribution in [0.1, 0.15) is 28.5 Å². The molecule has 0 aliphatic heterocycles. The van der Waals surface area contributed by atoms with Crippen LogP contribution in [0.5, 0.6) is 0 Å². The zero-order chi connectivity index (χ0) is 24.4. The Bertz CT molecular complexity index is 1290. The van der Waals surface area contributed by atoms with Crippen LogP contribution in [0.4, 0.5) is 24.0 Å². The van der Waals surface area contributed by atoms with Gasteiger partial charge in [-0.3, -0.25) is 9.69 Å². The Labute approximate surface area is 190 Å². The van der Waals surface area contributed by atoms with Crippen molar-refractivity contribution in [1.82, 2.24) is 4.98 Å². The fourth-order valence-corrected chi connectivity index (χ4v) is 4.10. The molecule has 3 rings (SSSR count). The molecule has 13 heteroatoms. The molecule has 1 heterocycles. The molecule has 0 atom stereocenters. The number of aromatic nitrogens is 1. The molecule has 0 unspecified atom stereocenters. The molecule has 8 nitrogen and oxygen atoms in total. The molecule has 0 aliphatic carbocycles. The topological polar surface area (TPSA) is 120 Å². The molecule has 1 amide bonds. The summed E-state index contributed by atoms with van der Waals surface area (Å²) in [4.78, 5) is 29.4. The maximum atomic E-state index is 13.0. The van der Waals surface area contributed by atoms with E-state index in [2.05, 4.69) is 4.98 Å². The summed E-state index contributed by atoms with van der Waals surface area (Å²) in [6.45, 7) is 0.910. The summed E-state index contributed by atoms with van der Waals surface area (Å²) in [6, 6.07) is 9.06. The average molecular weight is 499 g/mol. The number of rotatable bonds is 6. The lowest BCUT2D eigenvalue weighted by molar-refractivity contribution is -0.137. The number of carbonyl (C=O) groups excluding carboxylic acids is 2. The molecular formula is C20H16F3N3O5S2. The van der Waals surface area contributed by atoms with Crippen molar-refractivity contribution in [2.45, 2.75) is 24.6 Å². The summed E-state index contributed by atoms with van der Waals surface area (Å²) in [5.74, 6) is -1.31. The molecule has 0 saturated heterocycles. The molecule has 0 fully saturated rings. The Hall–Kier alpha value is -3.29. The van der Waals surface area contributed by atoms with Crippen molar-refractivity contribution in [3.63, 3.8) is 0 Å². The van der Waals surface area contributed by atoms with Gasteiger partial charge in [-0.2, -0.15) is 13.2 Å². The highest BCUT2D eigenvalue weighted by Crippen LogP contribution is 2.35. The summed E-state index contributed by atoms with van der Waals surface area (Å²) in [7, 11) is -3.90. The molecule has 2 N–H and O–H groups in total. The third-order valence-corrected chi connectivity index (χ3v) is 6.05. The molecule has 0 saturated carbocycles. The first kappa shape index (κ1) is 24.4. The summed E-state index contributed by atoms with van der Waals surface area (Å²) in [5.41, 5.74) is -0.578. The highest BCUT2D eigenvalue weighted by Gasteiger charge is 2.31. The molecule has 174 valence electrons. The Morgan fingerprint density at radius 1 is 1.15 bits per heavy atom. The number of hydrogen-bond acceptors (Lipinski definition) is 7. The van der Waals surface area contributed by atoms with Gasteiger partial charge in [0.15, 0.2) is 5.13 Å². The number of benzene rings is 2. The summed E-state index contributed by atoms with van der Waals surface area (Å²) < 4.78 is 66.8. The van der Waals surface area contributed by atoms with Gasteiger partial charge in [-0.25, -0.2) is 23.3 Å². The Balaban J connectivity index is 1.74. The molecule has 0 aliphatic rings. The maximum absolute atomic E-state index is 13.0. The minimum atomic E-state index is -4.58. The number of alkyl halides is 3. The molecule has 0 bridgehead atoms. The van der Waals surface area contributed by atoms with Crippen LogP contribution in [0.25, 0.3) is 0 Å². The molecule has 2 aromatic carbocycles. The normalized spacial score (nSPS) is 11.8. The van der Waals surface area contributed by atoms with Crippen LogP contribution in [0.3, 0.4) is 0 Å². The smallest absolute Gasteiger partial charge is 0.416 e. The van der Waals surface area contributed by atoms with Gasteiger partial charge in [-0.15, -0.1) is 11.3 Å². The van der Waals surface area contributed by atoms with Crippen LogP contribution in [-0.4, -0.2) is 25.3 Å². The highest BCUT2D eigenvalue weighted by atomic mass is 32.2. The molecule has 1 aromatic heterocycles. The number of sulfonamides is 1. The number of carbonyl (C=O) groups is 2. The third kappa shape index (κ3) is 5.94. The fraction of sp³-hybridized carbons (Fsp3) is 0.150. The van der Waals surface area contributed by atoms with E-state index < -0.39 is 33.6 Å². The number of nitrogens with zero attached hydrogens (tertiary/aromatic N) is 2. The van der Waals surface area contributed by atoms with Crippen molar-refractivity contribution < 1.29 is 35.9 Å². The fourth-order valence-electron chi connectivity index (χ4n) is 2.72. The van der Waals surface area contributed by atoms with Gasteiger partial charge >= 0.3 is 12.1 Å². The Morgan fingerprint density at radius 2 is 1.82 bits per heavy atom. The Morgan fingerprint density at radius 3 is 2.39 bits per heavy atom. The number of amides is 1. The number of primary sulfonamides is 1. The van der Waals surface area contributed by atoms with Gasteiger partial charge in [0.1, 0.15) is 6.61 Å². The molecule has 0 radical (unpaired) electrons. The second-order valence-electron chi connectivity index (χ2n) is 6.67. The van der Waals surface area contributed by atoms with Crippen molar-refractivity contribution in [2.24, 2.45) is 5.14 Å². The van der Waals surface area contributed by atoms with E-state index >= 15 is 0 Å². The van der Waals surface area contributed by atoms with E-state index in [4.69, 9.17) is 9.88 Å². The number of hydrogen-bond donors (Lipinski definition) is 1. The minimum absolute atomic E-state index is 0.00911. The highest BCUT2D eigenvalue weighted by molar-refractivity contribution is 7.89. The zero-order valence-corrected chi connectivity index (χ0v) is 18.5.